The molecule has 0 bridgehead atoms. The van der Waals surface area contributed by atoms with Crippen molar-refractivity contribution in [1.29, 1.82) is 0 Å². The predicted octanol–water partition coefficient (Wildman–Crippen LogP) is 1.76. The van der Waals surface area contributed by atoms with E-state index in [0.717, 1.165) is 12.0 Å². The minimum atomic E-state index is 0.220. The average molecular weight is 193 g/mol. The molecule has 0 amide bonds. The van der Waals surface area contributed by atoms with Crippen LogP contribution in [0.1, 0.15) is 12.0 Å². The molecule has 0 saturated heterocycles. The third kappa shape index (κ3) is 2.78. The van der Waals surface area contributed by atoms with Gasteiger partial charge in [-0.1, -0.05) is 12.2 Å². The van der Waals surface area contributed by atoms with Crippen molar-refractivity contribution in [3.05, 3.63) is 29.8 Å². The first kappa shape index (κ1) is 10.6. The molecule has 0 atom stereocenters. The van der Waals surface area contributed by atoms with Crippen LogP contribution in [0.25, 0.3) is 6.08 Å². The third-order valence-corrected chi connectivity index (χ3v) is 1.87. The second kappa shape index (κ2) is 5.29. The lowest BCUT2D eigenvalue weighted by Gasteiger charge is -2.02. The van der Waals surface area contributed by atoms with Gasteiger partial charge in [0, 0.05) is 11.6 Å². The van der Waals surface area contributed by atoms with E-state index in [1.165, 1.54) is 0 Å². The van der Waals surface area contributed by atoms with Gasteiger partial charge in [-0.25, -0.2) is 0 Å². The van der Waals surface area contributed by atoms with Gasteiger partial charge in [-0.05, 0) is 25.1 Å². The molecule has 76 valence electrons. The molecule has 3 nitrogen and oxygen atoms in total. The minimum absolute atomic E-state index is 0.220. The van der Waals surface area contributed by atoms with Crippen LogP contribution in [0, 0.1) is 0 Å². The Morgan fingerprint density at radius 3 is 2.86 bits per heavy atom. The van der Waals surface area contributed by atoms with Gasteiger partial charge in [-0.3, -0.25) is 0 Å². The highest BCUT2D eigenvalue weighted by Crippen LogP contribution is 2.24. The Balaban J connectivity index is 2.78. The highest BCUT2D eigenvalue weighted by Gasteiger charge is 1.98. The molecule has 3 N–H and O–H groups in total. The van der Waals surface area contributed by atoms with Crippen LogP contribution in [0.2, 0.25) is 0 Å². The van der Waals surface area contributed by atoms with Gasteiger partial charge in [0.25, 0.3) is 0 Å². The first-order valence-corrected chi connectivity index (χ1v) is 4.51. The van der Waals surface area contributed by atoms with Gasteiger partial charge < -0.3 is 15.6 Å². The van der Waals surface area contributed by atoms with E-state index in [4.69, 9.17) is 10.5 Å². The Labute approximate surface area is 83.8 Å². The van der Waals surface area contributed by atoms with Crippen LogP contribution >= 0.6 is 0 Å². The van der Waals surface area contributed by atoms with Crippen LogP contribution < -0.4 is 10.5 Å². The molecule has 0 aliphatic carbocycles. The van der Waals surface area contributed by atoms with Gasteiger partial charge in [0.15, 0.2) is 0 Å². The molecule has 14 heavy (non-hydrogen) atoms. The summed E-state index contributed by atoms with van der Waals surface area (Å²) in [6.45, 7) is 0.618. The molecule has 0 aliphatic heterocycles. The molecule has 3 heteroatoms. The molecule has 0 heterocycles. The quantitative estimate of drug-likeness (QED) is 0.766. The number of methoxy groups -OCH3 is 1. The fraction of sp³-hybridized carbons (Fsp3) is 0.273. The largest absolute Gasteiger partial charge is 0.507 e. The van der Waals surface area contributed by atoms with Crippen LogP contribution in [-0.4, -0.2) is 18.8 Å². The third-order valence-electron chi connectivity index (χ3n) is 1.87. The van der Waals surface area contributed by atoms with Crippen molar-refractivity contribution >= 4 is 6.08 Å². The van der Waals surface area contributed by atoms with E-state index in [2.05, 4.69) is 0 Å². The van der Waals surface area contributed by atoms with Crippen molar-refractivity contribution in [3.8, 4) is 11.5 Å². The van der Waals surface area contributed by atoms with E-state index >= 15 is 0 Å². The lowest BCUT2D eigenvalue weighted by molar-refractivity contribution is 0.407. The molecule has 1 aromatic carbocycles. The maximum Gasteiger partial charge on any atom is 0.126 e. The van der Waals surface area contributed by atoms with Crippen molar-refractivity contribution in [2.24, 2.45) is 5.73 Å². The minimum Gasteiger partial charge on any atom is -0.507 e. The summed E-state index contributed by atoms with van der Waals surface area (Å²) in [6, 6.07) is 5.20. The topological polar surface area (TPSA) is 55.5 Å². The number of phenolic OH excluding ortho intramolecular Hbond substituents is 1. The highest BCUT2D eigenvalue weighted by atomic mass is 16.5. The Kier molecular flexibility index (Phi) is 4.01. The first-order chi connectivity index (χ1) is 6.77. The number of aromatic hydroxyl groups is 1. The first-order valence-electron chi connectivity index (χ1n) is 4.51. The maximum atomic E-state index is 9.56. The number of ether oxygens (including phenoxy) is 1. The maximum absolute atomic E-state index is 9.56. The van der Waals surface area contributed by atoms with E-state index in [1.807, 2.05) is 18.2 Å². The Morgan fingerprint density at radius 1 is 1.50 bits per heavy atom. The van der Waals surface area contributed by atoms with Crippen molar-refractivity contribution in [3.63, 3.8) is 0 Å². The summed E-state index contributed by atoms with van der Waals surface area (Å²) in [6.07, 6.45) is 4.59. The number of hydrogen-bond donors (Lipinski definition) is 2. The van der Waals surface area contributed by atoms with Gasteiger partial charge in [0.1, 0.15) is 11.5 Å². The van der Waals surface area contributed by atoms with E-state index in [0.29, 0.717) is 12.3 Å². The van der Waals surface area contributed by atoms with Crippen molar-refractivity contribution in [2.45, 2.75) is 6.42 Å². The Bertz CT molecular complexity index is 321. The van der Waals surface area contributed by atoms with E-state index in [1.54, 1.807) is 19.2 Å². The van der Waals surface area contributed by atoms with Crippen LogP contribution in [-0.2, 0) is 0 Å². The lowest BCUT2D eigenvalue weighted by Crippen LogP contribution is -1.94. The van der Waals surface area contributed by atoms with Crippen LogP contribution in [0.4, 0.5) is 0 Å². The van der Waals surface area contributed by atoms with Gasteiger partial charge in [0.05, 0.1) is 7.11 Å². The number of benzene rings is 1. The summed E-state index contributed by atoms with van der Waals surface area (Å²) < 4.78 is 4.97. The van der Waals surface area contributed by atoms with Crippen molar-refractivity contribution in [2.75, 3.05) is 13.7 Å². The van der Waals surface area contributed by atoms with Crippen LogP contribution in [0.3, 0.4) is 0 Å². The molecule has 0 aliphatic rings. The van der Waals surface area contributed by atoms with Gasteiger partial charge in [-0.15, -0.1) is 0 Å². The molecule has 0 saturated carbocycles. The SMILES string of the molecule is COc1ccc(C=CCCN)c(O)c1. The van der Waals surface area contributed by atoms with E-state index in [9.17, 15) is 5.11 Å². The number of rotatable bonds is 4. The van der Waals surface area contributed by atoms with Gasteiger partial charge in [0.2, 0.25) is 0 Å². The molecule has 1 rings (SSSR count). The zero-order valence-electron chi connectivity index (χ0n) is 8.23. The molecular formula is C11H15NO2. The molecule has 0 spiro atoms. The Hall–Kier alpha value is -1.48. The van der Waals surface area contributed by atoms with Crippen molar-refractivity contribution in [1.82, 2.24) is 0 Å². The van der Waals surface area contributed by atoms with Crippen LogP contribution in [0.15, 0.2) is 24.3 Å². The normalized spacial score (nSPS) is 10.7. The van der Waals surface area contributed by atoms with Crippen molar-refractivity contribution < 1.29 is 9.84 Å². The van der Waals surface area contributed by atoms with Gasteiger partial charge in [-0.2, -0.15) is 0 Å². The summed E-state index contributed by atoms with van der Waals surface area (Å²) in [5.74, 6) is 0.871. The fourth-order valence-electron chi connectivity index (χ4n) is 1.10. The molecule has 0 radical (unpaired) electrons. The molecule has 0 unspecified atom stereocenters. The number of hydrogen-bond acceptors (Lipinski definition) is 3. The summed E-state index contributed by atoms with van der Waals surface area (Å²) in [7, 11) is 1.57. The zero-order chi connectivity index (χ0) is 10.4. The number of nitrogens with two attached hydrogens (primary N) is 1. The summed E-state index contributed by atoms with van der Waals surface area (Å²) in [4.78, 5) is 0. The monoisotopic (exact) mass is 193 g/mol. The highest BCUT2D eigenvalue weighted by molar-refractivity contribution is 5.58. The molecular weight excluding hydrogens is 178 g/mol. The summed E-state index contributed by atoms with van der Waals surface area (Å²) in [5.41, 5.74) is 6.12. The molecule has 1 aromatic rings. The van der Waals surface area contributed by atoms with E-state index < -0.39 is 0 Å². The standard InChI is InChI=1S/C11H15NO2/c1-14-10-6-5-9(11(13)8-10)4-2-3-7-12/h2,4-6,8,13H,3,7,12H2,1H3. The summed E-state index contributed by atoms with van der Waals surface area (Å²) >= 11 is 0. The zero-order valence-corrected chi connectivity index (χ0v) is 8.23. The van der Waals surface area contributed by atoms with E-state index in [-0.39, 0.29) is 5.75 Å². The number of phenols is 1. The average Bonchev–Trinajstić information content (AvgIpc) is 2.20. The van der Waals surface area contributed by atoms with Gasteiger partial charge >= 0.3 is 0 Å². The molecule has 0 fully saturated rings. The smallest absolute Gasteiger partial charge is 0.126 e. The fourth-order valence-corrected chi connectivity index (χ4v) is 1.10. The molecule has 0 aromatic heterocycles. The van der Waals surface area contributed by atoms with Crippen LogP contribution in [0.5, 0.6) is 11.5 Å². The second-order valence-corrected chi connectivity index (χ2v) is 2.90. The lowest BCUT2D eigenvalue weighted by atomic mass is 10.1. The predicted molar refractivity (Wildman–Crippen MR) is 57.4 cm³/mol. The summed E-state index contributed by atoms with van der Waals surface area (Å²) in [5, 5.41) is 9.56. The Morgan fingerprint density at radius 2 is 2.29 bits per heavy atom. The second-order valence-electron chi connectivity index (χ2n) is 2.90.